The molecule has 1 rings (SSSR count). The van der Waals surface area contributed by atoms with Gasteiger partial charge in [-0.05, 0) is 11.4 Å². The van der Waals surface area contributed by atoms with Crippen molar-refractivity contribution in [1.82, 2.24) is 0 Å². The maximum atomic E-state index is 12.9. The Morgan fingerprint density at radius 2 is 2.31 bits per heavy atom. The predicted octanol–water partition coefficient (Wildman–Crippen LogP) is 2.03. The Morgan fingerprint density at radius 3 is 2.69 bits per heavy atom. The smallest absolute Gasteiger partial charge is 0.290 e. The lowest BCUT2D eigenvalue weighted by Crippen LogP contribution is -2.35. The second kappa shape index (κ2) is 3.88. The molecule has 6 heteroatoms. The highest BCUT2D eigenvalue weighted by atomic mass is 35.5. The van der Waals surface area contributed by atoms with Crippen molar-refractivity contribution in [3.05, 3.63) is 21.3 Å². The highest BCUT2D eigenvalue weighted by Crippen LogP contribution is 2.35. The number of rotatable bonds is 3. The molecule has 0 spiro atoms. The van der Waals surface area contributed by atoms with E-state index in [0.717, 1.165) is 11.3 Å². The van der Waals surface area contributed by atoms with Crippen molar-refractivity contribution in [2.24, 2.45) is 5.73 Å². The zero-order chi connectivity index (χ0) is 10.1. The van der Waals surface area contributed by atoms with Crippen LogP contribution in [0.2, 0.25) is 5.02 Å². The van der Waals surface area contributed by atoms with Crippen LogP contribution in [0.4, 0.5) is 8.78 Å². The van der Waals surface area contributed by atoms with E-state index in [0.29, 0.717) is 0 Å². The van der Waals surface area contributed by atoms with Crippen LogP contribution in [0.25, 0.3) is 0 Å². The third kappa shape index (κ3) is 2.17. The number of nitrogens with two attached hydrogens (primary N) is 1. The van der Waals surface area contributed by atoms with Crippen LogP contribution < -0.4 is 5.73 Å². The number of hydrogen-bond acceptors (Lipinski definition) is 3. The molecule has 0 amide bonds. The van der Waals surface area contributed by atoms with Crippen LogP contribution >= 0.6 is 22.9 Å². The van der Waals surface area contributed by atoms with Gasteiger partial charge in [0.1, 0.15) is 12.6 Å². The Hall–Kier alpha value is -0.230. The monoisotopic (exact) mass is 227 g/mol. The van der Waals surface area contributed by atoms with Gasteiger partial charge in [0.05, 0.1) is 5.02 Å². The van der Waals surface area contributed by atoms with Gasteiger partial charge in [0.2, 0.25) is 0 Å². The number of aliphatic hydroxyl groups excluding tert-OH is 1. The summed E-state index contributed by atoms with van der Waals surface area (Å²) in [5.74, 6) is -3.32. The molecule has 0 fully saturated rings. The first kappa shape index (κ1) is 10.8. The van der Waals surface area contributed by atoms with E-state index in [1.165, 1.54) is 6.07 Å². The van der Waals surface area contributed by atoms with E-state index in [1.54, 1.807) is 5.38 Å². The van der Waals surface area contributed by atoms with Crippen LogP contribution in [0.3, 0.4) is 0 Å². The van der Waals surface area contributed by atoms with Gasteiger partial charge in [0, 0.05) is 4.88 Å². The largest absolute Gasteiger partial charge is 0.390 e. The summed E-state index contributed by atoms with van der Waals surface area (Å²) >= 11 is 6.66. The highest BCUT2D eigenvalue weighted by molar-refractivity contribution is 7.10. The van der Waals surface area contributed by atoms with Gasteiger partial charge in [-0.3, -0.25) is 0 Å². The second-order valence-corrected chi connectivity index (χ2v) is 3.88. The Labute approximate surface area is 82.9 Å². The minimum Gasteiger partial charge on any atom is -0.390 e. The number of hydrogen-bond donors (Lipinski definition) is 2. The molecule has 3 N–H and O–H groups in total. The number of thiophene rings is 1. The van der Waals surface area contributed by atoms with Crippen LogP contribution in [0.15, 0.2) is 11.4 Å². The Morgan fingerprint density at radius 1 is 1.69 bits per heavy atom. The molecular formula is C7H8ClF2NOS. The molecule has 1 atom stereocenters. The first-order valence-corrected chi connectivity index (χ1v) is 4.72. The molecule has 2 nitrogen and oxygen atoms in total. The maximum Gasteiger partial charge on any atom is 0.290 e. The van der Waals surface area contributed by atoms with Crippen molar-refractivity contribution in [2.75, 3.05) is 6.61 Å². The van der Waals surface area contributed by atoms with E-state index in [9.17, 15) is 8.78 Å². The molecule has 0 saturated heterocycles. The van der Waals surface area contributed by atoms with Crippen LogP contribution in [-0.2, 0) is 0 Å². The number of alkyl halides is 2. The molecule has 1 aromatic rings. The van der Waals surface area contributed by atoms with Gasteiger partial charge in [0.15, 0.2) is 0 Å². The molecule has 0 aliphatic carbocycles. The summed E-state index contributed by atoms with van der Waals surface area (Å²) in [4.78, 5) is 0.195. The summed E-state index contributed by atoms with van der Waals surface area (Å²) < 4.78 is 25.7. The summed E-state index contributed by atoms with van der Waals surface area (Å²) in [6.45, 7) is -1.28. The van der Waals surface area contributed by atoms with Crippen molar-refractivity contribution in [1.29, 1.82) is 0 Å². The molecule has 1 aromatic heterocycles. The minimum absolute atomic E-state index is 0.195. The van der Waals surface area contributed by atoms with Gasteiger partial charge < -0.3 is 10.8 Å². The molecule has 0 aliphatic rings. The summed E-state index contributed by atoms with van der Waals surface area (Å²) in [5.41, 5.74) is 5.24. The van der Waals surface area contributed by atoms with Crippen LogP contribution in [0.1, 0.15) is 10.9 Å². The predicted molar refractivity (Wildman–Crippen MR) is 48.3 cm³/mol. The van der Waals surface area contributed by atoms with E-state index < -0.39 is 18.6 Å². The van der Waals surface area contributed by atoms with Crippen molar-refractivity contribution >= 4 is 22.9 Å². The molecule has 0 aliphatic heterocycles. The van der Waals surface area contributed by atoms with Gasteiger partial charge in [-0.25, -0.2) is 8.78 Å². The Bertz CT molecular complexity index is 292. The molecule has 0 saturated carbocycles. The number of aliphatic hydroxyl groups is 1. The summed E-state index contributed by atoms with van der Waals surface area (Å²) in [6, 6.07) is -0.0421. The van der Waals surface area contributed by atoms with E-state index in [-0.39, 0.29) is 9.90 Å². The Kier molecular flexibility index (Phi) is 3.23. The zero-order valence-corrected chi connectivity index (χ0v) is 8.08. The fourth-order valence-corrected chi connectivity index (χ4v) is 2.06. The first-order chi connectivity index (χ1) is 5.99. The quantitative estimate of drug-likeness (QED) is 0.830. The van der Waals surface area contributed by atoms with Crippen molar-refractivity contribution in [3.8, 4) is 0 Å². The molecule has 0 bridgehead atoms. The maximum absolute atomic E-state index is 12.9. The SMILES string of the molecule is N[C@@H](c1sccc1Cl)C(F)(F)CO. The molecule has 0 unspecified atom stereocenters. The first-order valence-electron chi connectivity index (χ1n) is 3.46. The Balaban J connectivity index is 2.91. The average molecular weight is 228 g/mol. The van der Waals surface area contributed by atoms with Crippen LogP contribution in [-0.4, -0.2) is 17.6 Å². The number of halogens is 3. The molecule has 13 heavy (non-hydrogen) atoms. The lowest BCUT2D eigenvalue weighted by Gasteiger charge is -2.20. The van der Waals surface area contributed by atoms with Gasteiger partial charge >= 0.3 is 0 Å². The third-order valence-electron chi connectivity index (χ3n) is 1.59. The van der Waals surface area contributed by atoms with Crippen molar-refractivity contribution in [3.63, 3.8) is 0 Å². The highest BCUT2D eigenvalue weighted by Gasteiger charge is 2.38. The second-order valence-electron chi connectivity index (χ2n) is 2.53. The minimum atomic E-state index is -3.32. The fraction of sp³-hybridized carbons (Fsp3) is 0.429. The van der Waals surface area contributed by atoms with E-state index in [1.807, 2.05) is 0 Å². The van der Waals surface area contributed by atoms with E-state index in [2.05, 4.69) is 0 Å². The summed E-state index contributed by atoms with van der Waals surface area (Å²) in [7, 11) is 0. The van der Waals surface area contributed by atoms with Crippen LogP contribution in [0, 0.1) is 0 Å². The molecule has 0 aromatic carbocycles. The van der Waals surface area contributed by atoms with Gasteiger partial charge in [-0.15, -0.1) is 11.3 Å². The fourth-order valence-electron chi connectivity index (χ4n) is 0.817. The molecule has 0 radical (unpaired) electrons. The average Bonchev–Trinajstić information content (AvgIpc) is 2.50. The summed E-state index contributed by atoms with van der Waals surface area (Å²) in [6.07, 6.45) is 0. The normalized spacial score (nSPS) is 14.5. The summed E-state index contributed by atoms with van der Waals surface area (Å²) in [5, 5.41) is 10.2. The van der Waals surface area contributed by atoms with Gasteiger partial charge in [0.25, 0.3) is 5.92 Å². The van der Waals surface area contributed by atoms with Crippen molar-refractivity contribution < 1.29 is 13.9 Å². The van der Waals surface area contributed by atoms with Crippen LogP contribution in [0.5, 0.6) is 0 Å². The molecular weight excluding hydrogens is 220 g/mol. The third-order valence-corrected chi connectivity index (χ3v) is 3.03. The standard InChI is InChI=1S/C7H8ClF2NOS/c8-4-1-2-13-5(4)6(11)7(9,10)3-12/h1-2,6,12H,3,11H2/t6-/m0/s1. The van der Waals surface area contributed by atoms with Gasteiger partial charge in [-0.1, -0.05) is 11.6 Å². The van der Waals surface area contributed by atoms with E-state index >= 15 is 0 Å². The lowest BCUT2D eigenvalue weighted by atomic mass is 10.1. The molecule has 1 heterocycles. The van der Waals surface area contributed by atoms with Gasteiger partial charge in [-0.2, -0.15) is 0 Å². The topological polar surface area (TPSA) is 46.2 Å². The molecule has 74 valence electrons. The lowest BCUT2D eigenvalue weighted by molar-refractivity contribution is -0.0703. The van der Waals surface area contributed by atoms with E-state index in [4.69, 9.17) is 22.4 Å². The van der Waals surface area contributed by atoms with Crippen molar-refractivity contribution in [2.45, 2.75) is 12.0 Å². The zero-order valence-electron chi connectivity index (χ0n) is 6.51.